The predicted molar refractivity (Wildman–Crippen MR) is 50.3 cm³/mol. The van der Waals surface area contributed by atoms with Crippen LogP contribution in [-0.4, -0.2) is 5.78 Å². The van der Waals surface area contributed by atoms with Crippen LogP contribution in [0.5, 0.6) is 0 Å². The van der Waals surface area contributed by atoms with Gasteiger partial charge in [-0.15, -0.1) is 0 Å². The molecule has 0 radical (unpaired) electrons. The molecule has 0 bridgehead atoms. The standard InChI is InChI=1S/C10H10N2O/c1-6-3-8(5-11)4-9(12)10(6)7(2)13/h3-4H,12H2,1-2H3. The van der Waals surface area contributed by atoms with Gasteiger partial charge in [0.2, 0.25) is 0 Å². The van der Waals surface area contributed by atoms with Crippen LogP contribution in [0.25, 0.3) is 0 Å². The van der Waals surface area contributed by atoms with Crippen LogP contribution in [0, 0.1) is 18.3 Å². The van der Waals surface area contributed by atoms with Gasteiger partial charge in [0.25, 0.3) is 0 Å². The minimum absolute atomic E-state index is 0.0699. The smallest absolute Gasteiger partial charge is 0.162 e. The normalized spacial score (nSPS) is 9.31. The fourth-order valence-electron chi connectivity index (χ4n) is 1.36. The number of nitrogen functional groups attached to an aromatic ring is 1. The van der Waals surface area contributed by atoms with E-state index in [9.17, 15) is 4.79 Å². The average molecular weight is 174 g/mol. The number of anilines is 1. The first-order valence-electron chi connectivity index (χ1n) is 3.87. The van der Waals surface area contributed by atoms with Gasteiger partial charge >= 0.3 is 0 Å². The summed E-state index contributed by atoms with van der Waals surface area (Å²) in [6.45, 7) is 3.23. The van der Waals surface area contributed by atoms with Crippen molar-refractivity contribution in [3.8, 4) is 6.07 Å². The Morgan fingerprint density at radius 2 is 2.15 bits per heavy atom. The Hall–Kier alpha value is -1.82. The van der Waals surface area contributed by atoms with E-state index in [-0.39, 0.29) is 5.78 Å². The zero-order valence-electron chi connectivity index (χ0n) is 7.59. The van der Waals surface area contributed by atoms with Crippen LogP contribution in [0.3, 0.4) is 0 Å². The molecule has 0 aromatic heterocycles. The molecule has 1 aromatic carbocycles. The Morgan fingerprint density at radius 3 is 2.54 bits per heavy atom. The second-order valence-corrected chi connectivity index (χ2v) is 2.93. The maximum absolute atomic E-state index is 11.1. The molecule has 0 amide bonds. The molecule has 0 atom stereocenters. The van der Waals surface area contributed by atoms with Crippen LogP contribution in [0.15, 0.2) is 12.1 Å². The minimum Gasteiger partial charge on any atom is -0.398 e. The molecule has 0 heterocycles. The quantitative estimate of drug-likeness (QED) is 0.520. The van der Waals surface area contributed by atoms with Crippen molar-refractivity contribution in [2.75, 3.05) is 5.73 Å². The average Bonchev–Trinajstić information content (AvgIpc) is 2.02. The number of carbonyl (C=O) groups excluding carboxylic acids is 1. The first-order valence-corrected chi connectivity index (χ1v) is 3.87. The molecule has 0 fully saturated rings. The van der Waals surface area contributed by atoms with E-state index in [0.29, 0.717) is 16.8 Å². The van der Waals surface area contributed by atoms with Crippen LogP contribution in [0.4, 0.5) is 5.69 Å². The molecule has 3 nitrogen and oxygen atoms in total. The van der Waals surface area contributed by atoms with Gasteiger partial charge in [-0.1, -0.05) is 0 Å². The van der Waals surface area contributed by atoms with Crippen molar-refractivity contribution < 1.29 is 4.79 Å². The number of nitrogens with zero attached hydrogens (tertiary/aromatic N) is 1. The first-order chi connectivity index (χ1) is 6.06. The minimum atomic E-state index is -0.0699. The lowest BCUT2D eigenvalue weighted by molar-refractivity contribution is 0.101. The molecular weight excluding hydrogens is 164 g/mol. The SMILES string of the molecule is CC(=O)c1c(C)cc(C#N)cc1N. The van der Waals surface area contributed by atoms with Gasteiger partial charge in [0.15, 0.2) is 5.78 Å². The van der Waals surface area contributed by atoms with Gasteiger partial charge in [-0.2, -0.15) is 5.26 Å². The van der Waals surface area contributed by atoms with E-state index in [0.717, 1.165) is 5.56 Å². The van der Waals surface area contributed by atoms with Crippen LogP contribution in [-0.2, 0) is 0 Å². The summed E-state index contributed by atoms with van der Waals surface area (Å²) in [5.41, 5.74) is 7.76. The number of ketones is 1. The van der Waals surface area contributed by atoms with Gasteiger partial charge in [-0.05, 0) is 31.5 Å². The van der Waals surface area contributed by atoms with E-state index in [4.69, 9.17) is 11.0 Å². The number of Topliss-reactive ketones (excluding diaryl/α,β-unsaturated/α-hetero) is 1. The van der Waals surface area contributed by atoms with Crippen molar-refractivity contribution in [1.29, 1.82) is 5.26 Å². The molecule has 0 spiro atoms. The van der Waals surface area contributed by atoms with E-state index >= 15 is 0 Å². The molecule has 0 aliphatic rings. The molecule has 13 heavy (non-hydrogen) atoms. The summed E-state index contributed by atoms with van der Waals surface area (Å²) in [6, 6.07) is 5.16. The number of nitriles is 1. The molecular formula is C10H10N2O. The lowest BCUT2D eigenvalue weighted by Crippen LogP contribution is -2.03. The molecule has 66 valence electrons. The van der Waals surface area contributed by atoms with Crippen molar-refractivity contribution in [3.05, 3.63) is 28.8 Å². The number of aryl methyl sites for hydroxylation is 1. The summed E-state index contributed by atoms with van der Waals surface area (Å²) < 4.78 is 0. The van der Waals surface area contributed by atoms with Crippen LogP contribution in [0.2, 0.25) is 0 Å². The van der Waals surface area contributed by atoms with Crippen molar-refractivity contribution in [1.82, 2.24) is 0 Å². The predicted octanol–water partition coefficient (Wildman–Crippen LogP) is 1.65. The van der Waals surface area contributed by atoms with Gasteiger partial charge in [-0.25, -0.2) is 0 Å². The van der Waals surface area contributed by atoms with E-state index in [1.54, 1.807) is 13.0 Å². The zero-order chi connectivity index (χ0) is 10.0. The Labute approximate surface area is 76.8 Å². The zero-order valence-corrected chi connectivity index (χ0v) is 7.59. The highest BCUT2D eigenvalue weighted by atomic mass is 16.1. The number of carbonyl (C=O) groups is 1. The fraction of sp³-hybridized carbons (Fsp3) is 0.200. The van der Waals surface area contributed by atoms with Gasteiger partial charge in [-0.3, -0.25) is 4.79 Å². The number of nitrogens with two attached hydrogens (primary N) is 1. The summed E-state index contributed by atoms with van der Waals surface area (Å²) in [5, 5.41) is 8.63. The summed E-state index contributed by atoms with van der Waals surface area (Å²) in [4.78, 5) is 11.1. The van der Waals surface area contributed by atoms with Crippen LogP contribution in [0.1, 0.15) is 28.4 Å². The first kappa shape index (κ1) is 9.27. The second kappa shape index (κ2) is 3.28. The highest BCUT2D eigenvalue weighted by Crippen LogP contribution is 2.19. The molecule has 0 unspecified atom stereocenters. The maximum Gasteiger partial charge on any atom is 0.162 e. The molecule has 1 rings (SSSR count). The van der Waals surface area contributed by atoms with E-state index in [2.05, 4.69) is 0 Å². The third kappa shape index (κ3) is 1.67. The molecule has 1 aromatic rings. The highest BCUT2D eigenvalue weighted by molar-refractivity contribution is 6.00. The van der Waals surface area contributed by atoms with Gasteiger partial charge in [0.05, 0.1) is 11.6 Å². The van der Waals surface area contributed by atoms with E-state index < -0.39 is 0 Å². The molecule has 0 aliphatic carbocycles. The molecule has 3 heteroatoms. The lowest BCUT2D eigenvalue weighted by Gasteiger charge is -2.05. The van der Waals surface area contributed by atoms with Crippen molar-refractivity contribution in [2.24, 2.45) is 0 Å². The molecule has 0 aliphatic heterocycles. The number of hydrogen-bond donors (Lipinski definition) is 1. The van der Waals surface area contributed by atoms with Gasteiger partial charge in [0.1, 0.15) is 0 Å². The van der Waals surface area contributed by atoms with E-state index in [1.807, 2.05) is 6.07 Å². The van der Waals surface area contributed by atoms with Crippen molar-refractivity contribution >= 4 is 11.5 Å². The fourth-order valence-corrected chi connectivity index (χ4v) is 1.36. The molecule has 0 saturated heterocycles. The molecule has 0 saturated carbocycles. The Morgan fingerprint density at radius 1 is 1.54 bits per heavy atom. The van der Waals surface area contributed by atoms with Crippen LogP contribution < -0.4 is 5.73 Å². The van der Waals surface area contributed by atoms with Crippen LogP contribution >= 0.6 is 0 Å². The third-order valence-corrected chi connectivity index (χ3v) is 1.85. The Kier molecular flexibility index (Phi) is 2.34. The number of hydrogen-bond acceptors (Lipinski definition) is 3. The summed E-state index contributed by atoms with van der Waals surface area (Å²) in [7, 11) is 0. The van der Waals surface area contributed by atoms with Gasteiger partial charge < -0.3 is 5.73 Å². The monoisotopic (exact) mass is 174 g/mol. The second-order valence-electron chi connectivity index (χ2n) is 2.93. The summed E-state index contributed by atoms with van der Waals surface area (Å²) in [5.74, 6) is -0.0699. The Balaban J connectivity index is 3.42. The highest BCUT2D eigenvalue weighted by Gasteiger charge is 2.09. The largest absolute Gasteiger partial charge is 0.398 e. The van der Waals surface area contributed by atoms with Gasteiger partial charge in [0, 0.05) is 11.3 Å². The Bertz CT molecular complexity index is 379. The van der Waals surface area contributed by atoms with Crippen molar-refractivity contribution in [2.45, 2.75) is 13.8 Å². The number of rotatable bonds is 1. The topological polar surface area (TPSA) is 66.9 Å². The summed E-state index contributed by atoms with van der Waals surface area (Å²) in [6.07, 6.45) is 0. The summed E-state index contributed by atoms with van der Waals surface area (Å²) >= 11 is 0. The van der Waals surface area contributed by atoms with E-state index in [1.165, 1.54) is 13.0 Å². The lowest BCUT2D eigenvalue weighted by atomic mass is 10.0. The third-order valence-electron chi connectivity index (χ3n) is 1.85. The molecule has 2 N–H and O–H groups in total. The number of benzene rings is 1. The van der Waals surface area contributed by atoms with Crippen molar-refractivity contribution in [3.63, 3.8) is 0 Å². The maximum atomic E-state index is 11.1.